The van der Waals surface area contributed by atoms with Crippen molar-refractivity contribution >= 4 is 61.6 Å². The van der Waals surface area contributed by atoms with Gasteiger partial charge in [0.15, 0.2) is 5.78 Å². The lowest BCUT2D eigenvalue weighted by atomic mass is 10.0. The molecule has 1 aliphatic heterocycles. The highest BCUT2D eigenvalue weighted by molar-refractivity contribution is 9.10. The zero-order valence-electron chi connectivity index (χ0n) is 24.9. The molecule has 0 saturated carbocycles. The number of anilines is 2. The Balaban J connectivity index is 1.66. The van der Waals surface area contributed by atoms with Gasteiger partial charge in [-0.05, 0) is 74.1 Å². The molecule has 0 radical (unpaired) electrons. The normalized spacial score (nSPS) is 15.4. The summed E-state index contributed by atoms with van der Waals surface area (Å²) in [7, 11) is 3.24. The Bertz CT molecular complexity index is 1770. The molecule has 0 spiro atoms. The summed E-state index contributed by atoms with van der Waals surface area (Å²) in [6.07, 6.45) is 0. The van der Waals surface area contributed by atoms with Crippen LogP contribution in [0.3, 0.4) is 0 Å². The molecule has 10 heteroatoms. The molecule has 226 valence electrons. The first-order valence-electron chi connectivity index (χ1n) is 14.2. The van der Waals surface area contributed by atoms with Crippen LogP contribution >= 0.6 is 15.9 Å². The number of Topliss-reactive ketones (excluding diaryl/α,β-unsaturated/α-hetero) is 1. The standard InChI is InChI=1S/C34H33BrN4O5/c1-20(36-3)32(41)37-28-19-39(33(42)24-9-7-8-22(16-24)21(2)40)30-11-6-5-10-29(30)38(34(28)43)18-27-26-14-13-25(35)17-23(26)12-15-31(27)44-4/h5-17,20,28,36H,18-19H2,1-4H3,(H,37,41)/t20-,28-/m0/s1. The van der Waals surface area contributed by atoms with E-state index in [1.54, 1.807) is 74.5 Å². The van der Waals surface area contributed by atoms with Crippen LogP contribution in [0.15, 0.2) is 83.3 Å². The molecular weight excluding hydrogens is 624 g/mol. The first kappa shape index (κ1) is 30.9. The van der Waals surface area contributed by atoms with Crippen molar-refractivity contribution in [2.24, 2.45) is 0 Å². The summed E-state index contributed by atoms with van der Waals surface area (Å²) in [5.41, 5.74) is 2.48. The molecule has 44 heavy (non-hydrogen) atoms. The van der Waals surface area contributed by atoms with Crippen LogP contribution in [-0.2, 0) is 16.1 Å². The molecule has 3 amide bonds. The van der Waals surface area contributed by atoms with Crippen LogP contribution in [-0.4, -0.2) is 56.3 Å². The zero-order chi connectivity index (χ0) is 31.5. The van der Waals surface area contributed by atoms with Gasteiger partial charge in [0.2, 0.25) is 5.91 Å². The monoisotopic (exact) mass is 656 g/mol. The Hall–Kier alpha value is -4.54. The number of halogens is 1. The van der Waals surface area contributed by atoms with Gasteiger partial charge in [-0.25, -0.2) is 0 Å². The maximum atomic E-state index is 14.5. The fourth-order valence-corrected chi connectivity index (χ4v) is 5.74. The van der Waals surface area contributed by atoms with E-state index in [0.717, 1.165) is 20.8 Å². The molecule has 2 N–H and O–H groups in total. The molecule has 2 atom stereocenters. The second-order valence-corrected chi connectivity index (χ2v) is 11.6. The summed E-state index contributed by atoms with van der Waals surface area (Å²) < 4.78 is 6.66. The second kappa shape index (κ2) is 13.0. The van der Waals surface area contributed by atoms with Crippen molar-refractivity contribution in [1.82, 2.24) is 10.6 Å². The Kier molecular flexibility index (Phi) is 9.12. The summed E-state index contributed by atoms with van der Waals surface area (Å²) >= 11 is 3.54. The molecule has 0 unspecified atom stereocenters. The smallest absolute Gasteiger partial charge is 0.258 e. The summed E-state index contributed by atoms with van der Waals surface area (Å²) in [5, 5.41) is 7.63. The van der Waals surface area contributed by atoms with Crippen molar-refractivity contribution in [2.75, 3.05) is 30.5 Å². The van der Waals surface area contributed by atoms with Gasteiger partial charge in [-0.3, -0.25) is 19.2 Å². The van der Waals surface area contributed by atoms with Gasteiger partial charge in [-0.1, -0.05) is 52.3 Å². The minimum absolute atomic E-state index is 0.114. The Morgan fingerprint density at radius 3 is 2.41 bits per heavy atom. The van der Waals surface area contributed by atoms with Crippen LogP contribution in [0, 0.1) is 0 Å². The third-order valence-electron chi connectivity index (χ3n) is 7.88. The van der Waals surface area contributed by atoms with Crippen molar-refractivity contribution in [3.05, 3.63) is 100 Å². The molecule has 0 fully saturated rings. The minimum atomic E-state index is -1.07. The number of ketones is 1. The highest BCUT2D eigenvalue weighted by Gasteiger charge is 2.38. The number of methoxy groups -OCH3 is 1. The highest BCUT2D eigenvalue weighted by atomic mass is 79.9. The highest BCUT2D eigenvalue weighted by Crippen LogP contribution is 2.38. The molecule has 0 saturated heterocycles. The van der Waals surface area contributed by atoms with Crippen LogP contribution < -0.4 is 25.2 Å². The van der Waals surface area contributed by atoms with Crippen LogP contribution in [0.2, 0.25) is 0 Å². The molecule has 5 rings (SSSR count). The Morgan fingerprint density at radius 1 is 0.977 bits per heavy atom. The quantitative estimate of drug-likeness (QED) is 0.256. The average molecular weight is 658 g/mol. The van der Waals surface area contributed by atoms with Crippen LogP contribution in [0.1, 0.15) is 40.1 Å². The van der Waals surface area contributed by atoms with Gasteiger partial charge in [-0.2, -0.15) is 0 Å². The van der Waals surface area contributed by atoms with Crippen molar-refractivity contribution in [3.63, 3.8) is 0 Å². The van der Waals surface area contributed by atoms with E-state index < -0.39 is 18.0 Å². The maximum absolute atomic E-state index is 14.5. The molecule has 0 aromatic heterocycles. The molecule has 0 aliphatic carbocycles. The Morgan fingerprint density at radius 2 is 1.70 bits per heavy atom. The molecule has 1 aliphatic rings. The number of hydrogen-bond donors (Lipinski definition) is 2. The van der Waals surface area contributed by atoms with E-state index in [-0.39, 0.29) is 30.7 Å². The van der Waals surface area contributed by atoms with Gasteiger partial charge in [0, 0.05) is 21.2 Å². The second-order valence-electron chi connectivity index (χ2n) is 10.6. The van der Waals surface area contributed by atoms with Gasteiger partial charge in [0.25, 0.3) is 11.8 Å². The number of carbonyl (C=O) groups is 4. The van der Waals surface area contributed by atoms with Crippen LogP contribution in [0.5, 0.6) is 5.75 Å². The summed E-state index contributed by atoms with van der Waals surface area (Å²) in [5.74, 6) is -0.718. The number of para-hydroxylation sites is 2. The summed E-state index contributed by atoms with van der Waals surface area (Å²) in [6, 6.07) is 21.7. The van der Waals surface area contributed by atoms with E-state index in [0.29, 0.717) is 28.3 Å². The zero-order valence-corrected chi connectivity index (χ0v) is 26.5. The SMILES string of the molecule is CN[C@@H](C)C(=O)N[C@H]1CN(C(=O)c2cccc(C(C)=O)c2)c2ccccc2N(Cc2c(OC)ccc3cc(Br)ccc23)C1=O. The molecule has 9 nitrogen and oxygen atoms in total. The third kappa shape index (κ3) is 6.09. The molecular formula is C34H33BrN4O5. The number of carbonyl (C=O) groups excluding carboxylic acids is 4. The lowest BCUT2D eigenvalue weighted by Gasteiger charge is -2.27. The lowest BCUT2D eigenvalue weighted by Crippen LogP contribution is -2.55. The van der Waals surface area contributed by atoms with E-state index in [1.807, 2.05) is 30.3 Å². The number of benzene rings is 4. The molecule has 1 heterocycles. The molecule has 4 aromatic carbocycles. The number of nitrogens with one attached hydrogen (secondary N) is 2. The predicted molar refractivity (Wildman–Crippen MR) is 174 cm³/mol. The fraction of sp³-hybridized carbons (Fsp3) is 0.235. The molecule has 0 bridgehead atoms. The number of amides is 3. The van der Waals surface area contributed by atoms with Gasteiger partial charge < -0.3 is 25.2 Å². The van der Waals surface area contributed by atoms with Crippen molar-refractivity contribution in [2.45, 2.75) is 32.5 Å². The average Bonchev–Trinajstić information content (AvgIpc) is 3.14. The van der Waals surface area contributed by atoms with Crippen molar-refractivity contribution in [3.8, 4) is 5.75 Å². The number of hydrogen-bond acceptors (Lipinski definition) is 6. The van der Waals surface area contributed by atoms with E-state index in [4.69, 9.17) is 4.74 Å². The number of fused-ring (bicyclic) bond motifs is 2. The number of ether oxygens (including phenoxy) is 1. The number of likely N-dealkylation sites (N-methyl/N-ethyl adjacent to an activating group) is 1. The van der Waals surface area contributed by atoms with Crippen molar-refractivity contribution in [1.29, 1.82) is 0 Å². The lowest BCUT2D eigenvalue weighted by molar-refractivity contribution is -0.128. The first-order valence-corrected chi connectivity index (χ1v) is 15.0. The van der Waals surface area contributed by atoms with Crippen LogP contribution in [0.4, 0.5) is 11.4 Å². The van der Waals surface area contributed by atoms with E-state index >= 15 is 0 Å². The minimum Gasteiger partial charge on any atom is -0.496 e. The Labute approximate surface area is 264 Å². The van der Waals surface area contributed by atoms with Gasteiger partial charge >= 0.3 is 0 Å². The van der Waals surface area contributed by atoms with E-state index in [9.17, 15) is 19.2 Å². The summed E-state index contributed by atoms with van der Waals surface area (Å²) in [6.45, 7) is 3.14. The summed E-state index contributed by atoms with van der Waals surface area (Å²) in [4.78, 5) is 56.9. The topological polar surface area (TPSA) is 108 Å². The largest absolute Gasteiger partial charge is 0.496 e. The van der Waals surface area contributed by atoms with E-state index in [2.05, 4.69) is 26.6 Å². The van der Waals surface area contributed by atoms with Gasteiger partial charge in [0.05, 0.1) is 37.6 Å². The number of rotatable bonds is 8. The van der Waals surface area contributed by atoms with Crippen molar-refractivity contribution < 1.29 is 23.9 Å². The van der Waals surface area contributed by atoms with Gasteiger partial charge in [0.1, 0.15) is 11.8 Å². The third-order valence-corrected chi connectivity index (χ3v) is 8.38. The predicted octanol–water partition coefficient (Wildman–Crippen LogP) is 5.10. The van der Waals surface area contributed by atoms with Crippen LogP contribution in [0.25, 0.3) is 10.8 Å². The number of nitrogens with zero attached hydrogens (tertiary/aromatic N) is 2. The van der Waals surface area contributed by atoms with Gasteiger partial charge in [-0.15, -0.1) is 0 Å². The molecule has 4 aromatic rings. The maximum Gasteiger partial charge on any atom is 0.258 e. The fourth-order valence-electron chi connectivity index (χ4n) is 5.36. The van der Waals surface area contributed by atoms with E-state index in [1.165, 1.54) is 11.8 Å². The first-order chi connectivity index (χ1) is 21.1.